The second-order valence-corrected chi connectivity index (χ2v) is 4.10. The Labute approximate surface area is 54.8 Å². The molecule has 0 aromatic carbocycles. The lowest BCUT2D eigenvalue weighted by molar-refractivity contribution is 0.462. The van der Waals surface area contributed by atoms with E-state index in [2.05, 4.69) is 0 Å². The van der Waals surface area contributed by atoms with Crippen molar-refractivity contribution in [3.63, 3.8) is 0 Å². The molecule has 0 aliphatic rings. The topological polar surface area (TPSA) is 54.4 Å². The molecule has 0 rings (SSSR count). The first-order valence-corrected chi connectivity index (χ1v) is 3.70. The van der Waals surface area contributed by atoms with Gasteiger partial charge in [0.15, 0.2) is 4.75 Å². The Kier molecular flexibility index (Phi) is 1.89. The first kappa shape index (κ1) is 8.47. The molecule has 4 heteroatoms. The van der Waals surface area contributed by atoms with Crippen molar-refractivity contribution in [3.8, 4) is 12.3 Å². The van der Waals surface area contributed by atoms with E-state index >= 15 is 0 Å². The van der Waals surface area contributed by atoms with Crippen LogP contribution < -0.4 is 0 Å². The highest BCUT2D eigenvalue weighted by molar-refractivity contribution is 7.87. The molecule has 0 aromatic rings. The molecule has 0 aromatic heterocycles. The smallest absolute Gasteiger partial charge is 0.281 e. The molecule has 0 fully saturated rings. The fourth-order valence-corrected chi connectivity index (χ4v) is 0.223. The summed E-state index contributed by atoms with van der Waals surface area (Å²) in [7, 11) is -4.09. The zero-order valence-corrected chi connectivity index (χ0v) is 6.07. The molecule has 0 aliphatic heterocycles. The number of terminal acetylenes is 1. The number of hydrogen-bond acceptors (Lipinski definition) is 2. The summed E-state index contributed by atoms with van der Waals surface area (Å²) in [6.07, 6.45) is 4.80. The van der Waals surface area contributed by atoms with Crippen LogP contribution in [0.25, 0.3) is 0 Å². The Morgan fingerprint density at radius 3 is 1.89 bits per heavy atom. The molecule has 0 saturated carbocycles. The summed E-state index contributed by atoms with van der Waals surface area (Å²) >= 11 is 0. The van der Waals surface area contributed by atoms with Crippen molar-refractivity contribution in [2.45, 2.75) is 18.6 Å². The van der Waals surface area contributed by atoms with Crippen LogP contribution >= 0.6 is 0 Å². The van der Waals surface area contributed by atoms with Crippen molar-refractivity contribution >= 4 is 10.1 Å². The molecule has 3 nitrogen and oxygen atoms in total. The minimum Gasteiger partial charge on any atom is -0.284 e. The highest BCUT2D eigenvalue weighted by Crippen LogP contribution is 2.11. The average molecular weight is 148 g/mol. The fourth-order valence-electron chi connectivity index (χ4n) is 0.0745. The van der Waals surface area contributed by atoms with Crippen molar-refractivity contribution in [1.82, 2.24) is 0 Å². The summed E-state index contributed by atoms with van der Waals surface area (Å²) in [4.78, 5) is 0. The Balaban J connectivity index is 4.85. The Morgan fingerprint density at radius 1 is 1.56 bits per heavy atom. The molecule has 0 heterocycles. The predicted molar refractivity (Wildman–Crippen MR) is 34.5 cm³/mol. The van der Waals surface area contributed by atoms with Crippen molar-refractivity contribution in [1.29, 1.82) is 0 Å². The Morgan fingerprint density at radius 2 is 1.89 bits per heavy atom. The SMILES string of the molecule is C#CC(C)(C)S(=O)(=O)O. The maximum absolute atomic E-state index is 10.3. The van der Waals surface area contributed by atoms with Gasteiger partial charge in [0.25, 0.3) is 10.1 Å². The van der Waals surface area contributed by atoms with Gasteiger partial charge < -0.3 is 0 Å². The summed E-state index contributed by atoms with van der Waals surface area (Å²) < 4.78 is 27.5. The second-order valence-electron chi connectivity index (χ2n) is 2.13. The number of rotatable bonds is 1. The van der Waals surface area contributed by atoms with Crippen LogP contribution in [0.1, 0.15) is 13.8 Å². The van der Waals surface area contributed by atoms with E-state index < -0.39 is 14.9 Å². The normalized spacial score (nSPS) is 12.7. The lowest BCUT2D eigenvalue weighted by Gasteiger charge is -2.11. The highest BCUT2D eigenvalue weighted by Gasteiger charge is 2.29. The van der Waals surface area contributed by atoms with Crippen molar-refractivity contribution in [3.05, 3.63) is 0 Å². The summed E-state index contributed by atoms with van der Waals surface area (Å²) in [5.41, 5.74) is 0. The minimum atomic E-state index is -4.09. The molecule has 9 heavy (non-hydrogen) atoms. The Hall–Kier alpha value is -0.530. The van der Waals surface area contributed by atoms with Gasteiger partial charge >= 0.3 is 0 Å². The van der Waals surface area contributed by atoms with Gasteiger partial charge in [-0.05, 0) is 13.8 Å². The molecule has 0 atom stereocenters. The van der Waals surface area contributed by atoms with E-state index in [1.807, 2.05) is 5.92 Å². The van der Waals surface area contributed by atoms with Crippen molar-refractivity contribution in [2.75, 3.05) is 0 Å². The van der Waals surface area contributed by atoms with Crippen LogP contribution in [0.2, 0.25) is 0 Å². The van der Waals surface area contributed by atoms with Gasteiger partial charge in [0.05, 0.1) is 0 Å². The van der Waals surface area contributed by atoms with E-state index in [0.29, 0.717) is 0 Å². The van der Waals surface area contributed by atoms with Crippen LogP contribution in [0.3, 0.4) is 0 Å². The maximum atomic E-state index is 10.3. The molecule has 0 radical (unpaired) electrons. The number of hydrogen-bond donors (Lipinski definition) is 1. The molecule has 0 unspecified atom stereocenters. The van der Waals surface area contributed by atoms with Crippen LogP contribution in [0.4, 0.5) is 0 Å². The minimum absolute atomic E-state index is 1.25. The summed E-state index contributed by atoms with van der Waals surface area (Å²) in [5, 5.41) is 0. The van der Waals surface area contributed by atoms with Gasteiger partial charge in [-0.15, -0.1) is 6.42 Å². The molecular weight excluding hydrogens is 140 g/mol. The average Bonchev–Trinajstić information content (AvgIpc) is 1.64. The molecule has 0 aliphatic carbocycles. The van der Waals surface area contributed by atoms with Crippen LogP contribution in [-0.2, 0) is 10.1 Å². The third kappa shape index (κ3) is 1.70. The largest absolute Gasteiger partial charge is 0.284 e. The molecule has 0 saturated heterocycles. The molecule has 0 bridgehead atoms. The van der Waals surface area contributed by atoms with E-state index in [1.165, 1.54) is 13.8 Å². The third-order valence-corrected chi connectivity index (χ3v) is 2.40. The van der Waals surface area contributed by atoms with Gasteiger partial charge in [0, 0.05) is 0 Å². The first-order valence-electron chi connectivity index (χ1n) is 2.26. The molecular formula is C5H8O3S. The van der Waals surface area contributed by atoms with Crippen LogP contribution in [0.15, 0.2) is 0 Å². The van der Waals surface area contributed by atoms with E-state index in [1.54, 1.807) is 0 Å². The third-order valence-electron chi connectivity index (χ3n) is 0.992. The van der Waals surface area contributed by atoms with Gasteiger partial charge in [-0.1, -0.05) is 5.92 Å². The van der Waals surface area contributed by atoms with E-state index in [-0.39, 0.29) is 0 Å². The van der Waals surface area contributed by atoms with Crippen molar-refractivity contribution in [2.24, 2.45) is 0 Å². The van der Waals surface area contributed by atoms with Gasteiger partial charge in [-0.2, -0.15) is 8.42 Å². The van der Waals surface area contributed by atoms with Crippen LogP contribution in [0.5, 0.6) is 0 Å². The zero-order chi connectivity index (χ0) is 7.71. The van der Waals surface area contributed by atoms with Gasteiger partial charge in [0.1, 0.15) is 0 Å². The maximum Gasteiger partial charge on any atom is 0.281 e. The Bertz CT molecular complexity index is 229. The molecule has 0 amide bonds. The lowest BCUT2D eigenvalue weighted by atomic mass is 10.2. The monoisotopic (exact) mass is 148 g/mol. The second kappa shape index (κ2) is 2.01. The van der Waals surface area contributed by atoms with E-state index in [0.717, 1.165) is 0 Å². The van der Waals surface area contributed by atoms with Crippen molar-refractivity contribution < 1.29 is 13.0 Å². The molecule has 52 valence electrons. The quantitative estimate of drug-likeness (QED) is 0.429. The van der Waals surface area contributed by atoms with Crippen LogP contribution in [-0.4, -0.2) is 17.7 Å². The van der Waals surface area contributed by atoms with Gasteiger partial charge in [-0.3, -0.25) is 4.55 Å². The van der Waals surface area contributed by atoms with Crippen LogP contribution in [0, 0.1) is 12.3 Å². The summed E-state index contributed by atoms with van der Waals surface area (Å²) in [5.74, 6) is 1.94. The molecule has 1 N–H and O–H groups in total. The summed E-state index contributed by atoms with van der Waals surface area (Å²) in [6, 6.07) is 0. The lowest BCUT2D eigenvalue weighted by Crippen LogP contribution is -2.28. The fraction of sp³-hybridized carbons (Fsp3) is 0.600. The first-order chi connectivity index (χ1) is 3.81. The highest BCUT2D eigenvalue weighted by atomic mass is 32.2. The van der Waals surface area contributed by atoms with Gasteiger partial charge in [0.2, 0.25) is 0 Å². The van der Waals surface area contributed by atoms with E-state index in [9.17, 15) is 8.42 Å². The predicted octanol–water partition coefficient (Wildman–Crippen LogP) is 0.286. The standard InChI is InChI=1S/C5H8O3S/c1-4-5(2,3)9(6,7)8/h1H,2-3H3,(H,6,7,8). The summed E-state index contributed by atoms with van der Waals surface area (Å²) in [6.45, 7) is 2.50. The zero-order valence-electron chi connectivity index (χ0n) is 5.25. The molecule has 0 spiro atoms. The van der Waals surface area contributed by atoms with E-state index in [4.69, 9.17) is 11.0 Å². The van der Waals surface area contributed by atoms with Gasteiger partial charge in [-0.25, -0.2) is 0 Å².